The highest BCUT2D eigenvalue weighted by Crippen LogP contribution is 2.48. The summed E-state index contributed by atoms with van der Waals surface area (Å²) >= 11 is 3.36. The van der Waals surface area contributed by atoms with Gasteiger partial charge < -0.3 is 5.11 Å². The maximum absolute atomic E-state index is 12.7. The van der Waals surface area contributed by atoms with Gasteiger partial charge in [0, 0.05) is 30.5 Å². The number of hydrogen-bond acceptors (Lipinski definition) is 5. The maximum Gasteiger partial charge on any atom is 0.165 e. The molecule has 118 valence electrons. The fourth-order valence-electron chi connectivity index (χ4n) is 2.89. The van der Waals surface area contributed by atoms with Gasteiger partial charge in [-0.1, -0.05) is 13.8 Å². The minimum Gasteiger partial charge on any atom is -0.396 e. The van der Waals surface area contributed by atoms with Crippen molar-refractivity contribution in [1.29, 1.82) is 0 Å². The Hall–Kier alpha value is -1.11. The van der Waals surface area contributed by atoms with Gasteiger partial charge >= 0.3 is 0 Å². The summed E-state index contributed by atoms with van der Waals surface area (Å²) in [6, 6.07) is 1.96. The van der Waals surface area contributed by atoms with Gasteiger partial charge in [-0.2, -0.15) is 5.10 Å². The van der Waals surface area contributed by atoms with Gasteiger partial charge in [-0.25, -0.2) is 0 Å². The summed E-state index contributed by atoms with van der Waals surface area (Å²) in [5, 5.41) is 16.0. The fourth-order valence-corrected chi connectivity index (χ4v) is 5.51. The van der Waals surface area contributed by atoms with Crippen molar-refractivity contribution in [3.8, 4) is 10.6 Å². The summed E-state index contributed by atoms with van der Waals surface area (Å²) in [4.78, 5) is 13.8. The average molecular weight is 336 g/mol. The van der Waals surface area contributed by atoms with Crippen molar-refractivity contribution in [2.24, 2.45) is 5.41 Å². The number of aliphatic hydroxyl groups excluding tert-OH is 1. The molecule has 0 aliphatic heterocycles. The van der Waals surface area contributed by atoms with Crippen molar-refractivity contribution in [1.82, 2.24) is 10.2 Å². The van der Waals surface area contributed by atoms with Crippen LogP contribution in [0.25, 0.3) is 10.6 Å². The van der Waals surface area contributed by atoms with E-state index in [1.807, 2.05) is 6.07 Å². The van der Waals surface area contributed by atoms with Crippen LogP contribution >= 0.6 is 23.1 Å². The van der Waals surface area contributed by atoms with Crippen LogP contribution in [0.15, 0.2) is 16.5 Å². The molecule has 2 aromatic rings. The van der Waals surface area contributed by atoms with Gasteiger partial charge in [0.15, 0.2) is 5.78 Å². The molecular weight excluding hydrogens is 316 g/mol. The lowest BCUT2D eigenvalue weighted by atomic mass is 9.74. The zero-order valence-corrected chi connectivity index (χ0v) is 14.4. The Balaban J connectivity index is 2.05. The summed E-state index contributed by atoms with van der Waals surface area (Å²) in [6.07, 6.45) is 4.01. The van der Waals surface area contributed by atoms with Crippen LogP contribution in [0.4, 0.5) is 0 Å². The first kappa shape index (κ1) is 15.8. The smallest absolute Gasteiger partial charge is 0.165 e. The topological polar surface area (TPSA) is 66.0 Å². The fraction of sp³-hybridized carbons (Fsp3) is 0.500. The first-order valence-corrected chi connectivity index (χ1v) is 9.24. The summed E-state index contributed by atoms with van der Waals surface area (Å²) in [6.45, 7) is 4.50. The Morgan fingerprint density at radius 2 is 2.27 bits per heavy atom. The van der Waals surface area contributed by atoms with Crippen LogP contribution in [0.1, 0.15) is 42.6 Å². The summed E-state index contributed by atoms with van der Waals surface area (Å²) < 4.78 is 1.09. The largest absolute Gasteiger partial charge is 0.396 e. The minimum absolute atomic E-state index is 0.00691. The van der Waals surface area contributed by atoms with Gasteiger partial charge in [-0.3, -0.25) is 9.89 Å². The number of nitrogens with one attached hydrogen (secondary N) is 1. The van der Waals surface area contributed by atoms with Crippen molar-refractivity contribution < 1.29 is 9.90 Å². The predicted molar refractivity (Wildman–Crippen MR) is 90.8 cm³/mol. The molecule has 0 saturated carbocycles. The number of ketones is 1. The number of carbonyl (C=O) groups excluding carboxylic acids is 1. The quantitative estimate of drug-likeness (QED) is 0.644. The van der Waals surface area contributed by atoms with Gasteiger partial charge in [0.25, 0.3) is 0 Å². The average Bonchev–Trinajstić information content (AvgIpc) is 3.05. The van der Waals surface area contributed by atoms with Crippen molar-refractivity contribution in [3.63, 3.8) is 0 Å². The molecule has 3 rings (SSSR count). The van der Waals surface area contributed by atoms with Crippen molar-refractivity contribution in [2.45, 2.75) is 37.3 Å². The number of H-pyrrole nitrogens is 1. The number of aromatic amines is 1. The Kier molecular flexibility index (Phi) is 4.43. The van der Waals surface area contributed by atoms with E-state index in [9.17, 15) is 4.79 Å². The SMILES string of the molecule is CC1(C)CC(=O)c2c(SCCCO)sc(-c3ccn[nH]3)c2C1. The minimum atomic E-state index is 0.00691. The standard InChI is InChI=1S/C16H20N2O2S2/c1-16(2)8-10-13(12(20)9-16)15(21-7-3-6-19)22-14(10)11-4-5-17-18-11/h4-5,19H,3,6-9H2,1-2H3,(H,17,18). The van der Waals surface area contributed by atoms with Gasteiger partial charge in [0.2, 0.25) is 0 Å². The van der Waals surface area contributed by atoms with Crippen LogP contribution in [0.3, 0.4) is 0 Å². The first-order valence-electron chi connectivity index (χ1n) is 7.44. The van der Waals surface area contributed by atoms with Crippen molar-refractivity contribution in [2.75, 3.05) is 12.4 Å². The molecule has 22 heavy (non-hydrogen) atoms. The highest BCUT2D eigenvalue weighted by atomic mass is 32.2. The van der Waals surface area contributed by atoms with Crippen LogP contribution < -0.4 is 0 Å². The van der Waals surface area contributed by atoms with Crippen LogP contribution in [-0.2, 0) is 6.42 Å². The Morgan fingerprint density at radius 3 is 2.95 bits per heavy atom. The van der Waals surface area contributed by atoms with Crippen molar-refractivity contribution in [3.05, 3.63) is 23.4 Å². The second-order valence-corrected chi connectivity index (χ2v) is 8.79. The number of carbonyl (C=O) groups is 1. The third-order valence-corrected chi connectivity index (χ3v) is 6.45. The number of aliphatic hydroxyl groups is 1. The van der Waals surface area contributed by atoms with Gasteiger partial charge in [-0.05, 0) is 29.9 Å². The van der Waals surface area contributed by atoms with Crippen molar-refractivity contribution >= 4 is 28.9 Å². The first-order chi connectivity index (χ1) is 10.5. The molecule has 2 heterocycles. The number of fused-ring (bicyclic) bond motifs is 1. The number of aromatic nitrogens is 2. The van der Waals surface area contributed by atoms with E-state index in [0.717, 1.165) is 38.9 Å². The van der Waals surface area contributed by atoms with Crippen LogP contribution in [0.2, 0.25) is 0 Å². The van der Waals surface area contributed by atoms with E-state index in [4.69, 9.17) is 5.11 Å². The van der Waals surface area contributed by atoms with E-state index >= 15 is 0 Å². The molecule has 0 aromatic carbocycles. The molecule has 6 heteroatoms. The molecule has 2 aromatic heterocycles. The van der Waals surface area contributed by atoms with E-state index < -0.39 is 0 Å². The predicted octanol–water partition coefficient (Wildman–Crippen LogP) is 3.77. The molecule has 1 aliphatic rings. The second-order valence-electron chi connectivity index (χ2n) is 6.41. The highest BCUT2D eigenvalue weighted by molar-refractivity contribution is 8.01. The van der Waals surface area contributed by atoms with Gasteiger partial charge in [0.1, 0.15) is 0 Å². The van der Waals surface area contributed by atoms with Gasteiger partial charge in [-0.15, -0.1) is 23.1 Å². The number of hydrogen-bond donors (Lipinski definition) is 2. The molecule has 4 nitrogen and oxygen atoms in total. The Labute approximate surface area is 138 Å². The monoisotopic (exact) mass is 336 g/mol. The molecule has 0 bridgehead atoms. The summed E-state index contributed by atoms with van der Waals surface area (Å²) in [7, 11) is 0. The molecule has 1 aliphatic carbocycles. The summed E-state index contributed by atoms with van der Waals surface area (Å²) in [5.74, 6) is 1.09. The lowest BCUT2D eigenvalue weighted by molar-refractivity contribution is 0.0910. The van der Waals surface area contributed by atoms with Crippen LogP contribution in [-0.4, -0.2) is 33.4 Å². The Bertz CT molecular complexity index is 675. The molecule has 0 fully saturated rings. The summed E-state index contributed by atoms with van der Waals surface area (Å²) in [5.41, 5.74) is 3.08. The normalized spacial score (nSPS) is 16.8. The maximum atomic E-state index is 12.7. The van der Waals surface area contributed by atoms with Crippen LogP contribution in [0, 0.1) is 5.41 Å². The zero-order chi connectivity index (χ0) is 15.7. The second kappa shape index (κ2) is 6.18. The van der Waals surface area contributed by atoms with Crippen LogP contribution in [0.5, 0.6) is 0 Å². The number of nitrogens with zero attached hydrogens (tertiary/aromatic N) is 1. The van der Waals surface area contributed by atoms with E-state index in [1.54, 1.807) is 29.3 Å². The van der Waals surface area contributed by atoms with E-state index in [0.29, 0.717) is 6.42 Å². The molecule has 0 amide bonds. The molecular formula is C16H20N2O2S2. The molecule has 2 N–H and O–H groups in total. The molecule has 0 unspecified atom stereocenters. The lowest BCUT2D eigenvalue weighted by Gasteiger charge is -2.29. The number of thiophene rings is 1. The van der Waals surface area contributed by atoms with Gasteiger partial charge in [0.05, 0.1) is 14.8 Å². The molecule has 0 saturated heterocycles. The molecule has 0 radical (unpaired) electrons. The van der Waals surface area contributed by atoms with E-state index in [1.165, 1.54) is 5.56 Å². The van der Waals surface area contributed by atoms with E-state index in [-0.39, 0.29) is 17.8 Å². The number of rotatable bonds is 5. The molecule has 0 atom stereocenters. The highest BCUT2D eigenvalue weighted by Gasteiger charge is 2.36. The zero-order valence-electron chi connectivity index (χ0n) is 12.8. The Morgan fingerprint density at radius 1 is 1.45 bits per heavy atom. The third-order valence-electron chi connectivity index (χ3n) is 3.83. The third kappa shape index (κ3) is 3.00. The lowest BCUT2D eigenvalue weighted by Crippen LogP contribution is -2.26. The number of Topliss-reactive ketones (excluding diaryl/α,β-unsaturated/α-hetero) is 1. The van der Waals surface area contributed by atoms with E-state index in [2.05, 4.69) is 24.0 Å². The number of thioether (sulfide) groups is 1. The molecule has 0 spiro atoms.